The van der Waals surface area contributed by atoms with Gasteiger partial charge in [0.2, 0.25) is 0 Å². The molecule has 0 fully saturated rings. The molecule has 0 spiro atoms. The van der Waals surface area contributed by atoms with Gasteiger partial charge in [-0.3, -0.25) is 9.78 Å². The van der Waals surface area contributed by atoms with Gasteiger partial charge < -0.3 is 5.32 Å². The highest BCUT2D eigenvalue weighted by atomic mass is 35.5. The van der Waals surface area contributed by atoms with Gasteiger partial charge in [-0.05, 0) is 24.3 Å². The number of hydrogen-bond donors (Lipinski definition) is 1. The van der Waals surface area contributed by atoms with Crippen LogP contribution >= 0.6 is 11.6 Å². The zero-order valence-electron chi connectivity index (χ0n) is 8.95. The van der Waals surface area contributed by atoms with Gasteiger partial charge in [0.25, 0.3) is 5.91 Å². The largest absolute Gasteiger partial charge is 0.321 e. The van der Waals surface area contributed by atoms with Crippen LogP contribution in [0.25, 0.3) is 0 Å². The summed E-state index contributed by atoms with van der Waals surface area (Å²) < 4.78 is 26.1. The van der Waals surface area contributed by atoms with Crippen LogP contribution < -0.4 is 5.32 Å². The third kappa shape index (κ3) is 2.62. The number of carbonyl (C=O) groups excluding carboxylic acids is 1. The van der Waals surface area contributed by atoms with E-state index in [4.69, 9.17) is 11.6 Å². The first kappa shape index (κ1) is 12.4. The summed E-state index contributed by atoms with van der Waals surface area (Å²) in [5, 5.41) is 2.43. The van der Waals surface area contributed by atoms with Gasteiger partial charge in [0.1, 0.15) is 5.82 Å². The Balaban J connectivity index is 2.24. The van der Waals surface area contributed by atoms with Gasteiger partial charge >= 0.3 is 0 Å². The number of rotatable bonds is 2. The zero-order chi connectivity index (χ0) is 13.1. The Hall–Kier alpha value is -2.01. The maximum Gasteiger partial charge on any atom is 0.258 e. The van der Waals surface area contributed by atoms with Crippen molar-refractivity contribution in [3.05, 3.63) is 58.9 Å². The molecular weight excluding hydrogens is 262 g/mol. The standard InChI is InChI=1S/C12H7ClF2N2O/c13-9-5-7(14)1-2-11(9)17-12(18)8-3-4-16-6-10(8)15/h1-6H,(H,17,18). The highest BCUT2D eigenvalue weighted by Gasteiger charge is 2.13. The molecule has 0 aliphatic heterocycles. The molecule has 0 atom stereocenters. The van der Waals surface area contributed by atoms with Gasteiger partial charge in [0, 0.05) is 6.20 Å². The number of anilines is 1. The number of carbonyl (C=O) groups is 1. The monoisotopic (exact) mass is 268 g/mol. The summed E-state index contributed by atoms with van der Waals surface area (Å²) in [6.45, 7) is 0. The lowest BCUT2D eigenvalue weighted by Gasteiger charge is -2.07. The van der Waals surface area contributed by atoms with Crippen molar-refractivity contribution < 1.29 is 13.6 Å². The van der Waals surface area contributed by atoms with Crippen LogP contribution in [0.5, 0.6) is 0 Å². The number of amides is 1. The second kappa shape index (κ2) is 5.10. The summed E-state index contributed by atoms with van der Waals surface area (Å²) >= 11 is 5.74. The first-order valence-corrected chi connectivity index (χ1v) is 5.31. The highest BCUT2D eigenvalue weighted by Crippen LogP contribution is 2.23. The summed E-state index contributed by atoms with van der Waals surface area (Å²) in [4.78, 5) is 15.3. The molecule has 0 saturated heterocycles. The van der Waals surface area contributed by atoms with E-state index in [2.05, 4.69) is 10.3 Å². The van der Waals surface area contributed by atoms with Crippen LogP contribution in [0.3, 0.4) is 0 Å². The van der Waals surface area contributed by atoms with Crippen LogP contribution in [-0.2, 0) is 0 Å². The number of hydrogen-bond acceptors (Lipinski definition) is 2. The molecule has 1 amide bonds. The van der Waals surface area contributed by atoms with E-state index in [1.807, 2.05) is 0 Å². The number of nitrogens with zero attached hydrogens (tertiary/aromatic N) is 1. The molecule has 0 bridgehead atoms. The van der Waals surface area contributed by atoms with E-state index in [0.717, 1.165) is 18.3 Å². The smallest absolute Gasteiger partial charge is 0.258 e. The van der Waals surface area contributed by atoms with Gasteiger partial charge in [0.15, 0.2) is 5.82 Å². The minimum absolute atomic E-state index is 0.0396. The number of aromatic nitrogens is 1. The Kier molecular flexibility index (Phi) is 3.53. The lowest BCUT2D eigenvalue weighted by molar-refractivity contribution is 0.102. The van der Waals surface area contributed by atoms with Crippen molar-refractivity contribution in [3.8, 4) is 0 Å². The molecular formula is C12H7ClF2N2O. The first-order chi connectivity index (χ1) is 8.58. The van der Waals surface area contributed by atoms with Crippen molar-refractivity contribution in [1.82, 2.24) is 4.98 Å². The maximum absolute atomic E-state index is 13.3. The molecule has 0 aliphatic carbocycles. The van der Waals surface area contributed by atoms with Crippen LogP contribution in [0.1, 0.15) is 10.4 Å². The fraction of sp³-hybridized carbons (Fsp3) is 0. The van der Waals surface area contributed by atoms with E-state index in [1.165, 1.54) is 18.3 Å². The molecule has 1 aromatic heterocycles. The van der Waals surface area contributed by atoms with Gasteiger partial charge in [-0.15, -0.1) is 0 Å². The molecule has 3 nitrogen and oxygen atoms in total. The zero-order valence-corrected chi connectivity index (χ0v) is 9.71. The van der Waals surface area contributed by atoms with Gasteiger partial charge in [-0.25, -0.2) is 8.78 Å². The molecule has 1 heterocycles. The molecule has 92 valence electrons. The third-order valence-electron chi connectivity index (χ3n) is 2.20. The van der Waals surface area contributed by atoms with Crippen LogP contribution in [0.2, 0.25) is 5.02 Å². The van der Waals surface area contributed by atoms with Gasteiger partial charge in [-0.1, -0.05) is 11.6 Å². The molecule has 6 heteroatoms. The average molecular weight is 269 g/mol. The Labute approximate surface area is 106 Å². The highest BCUT2D eigenvalue weighted by molar-refractivity contribution is 6.33. The van der Waals surface area contributed by atoms with Crippen molar-refractivity contribution in [2.75, 3.05) is 5.32 Å². The first-order valence-electron chi connectivity index (χ1n) is 4.94. The number of benzene rings is 1. The number of nitrogens with one attached hydrogen (secondary N) is 1. The second-order valence-electron chi connectivity index (χ2n) is 3.43. The summed E-state index contributed by atoms with van der Waals surface area (Å²) in [5.41, 5.74) is 0.0460. The van der Waals surface area contributed by atoms with E-state index in [0.29, 0.717) is 0 Å². The fourth-order valence-electron chi connectivity index (χ4n) is 1.34. The van der Waals surface area contributed by atoms with E-state index in [1.54, 1.807) is 0 Å². The van der Waals surface area contributed by atoms with Crippen LogP contribution in [0.4, 0.5) is 14.5 Å². The summed E-state index contributed by atoms with van der Waals surface area (Å²) in [6, 6.07) is 4.74. The van der Waals surface area contributed by atoms with Crippen LogP contribution in [0.15, 0.2) is 36.7 Å². The Bertz CT molecular complexity index is 604. The topological polar surface area (TPSA) is 42.0 Å². The van der Waals surface area contributed by atoms with Crippen LogP contribution in [-0.4, -0.2) is 10.9 Å². The second-order valence-corrected chi connectivity index (χ2v) is 3.84. The average Bonchev–Trinajstić information content (AvgIpc) is 2.33. The minimum Gasteiger partial charge on any atom is -0.321 e. The molecule has 18 heavy (non-hydrogen) atoms. The van der Waals surface area contributed by atoms with Crippen molar-refractivity contribution >= 4 is 23.2 Å². The van der Waals surface area contributed by atoms with E-state index >= 15 is 0 Å². The SMILES string of the molecule is O=C(Nc1ccc(F)cc1Cl)c1ccncc1F. The van der Waals surface area contributed by atoms with Gasteiger partial charge in [0.05, 0.1) is 22.5 Å². The lowest BCUT2D eigenvalue weighted by Crippen LogP contribution is -2.14. The van der Waals surface area contributed by atoms with Crippen molar-refractivity contribution in [3.63, 3.8) is 0 Å². The molecule has 1 aromatic carbocycles. The van der Waals surface area contributed by atoms with Crippen molar-refractivity contribution in [2.45, 2.75) is 0 Å². The summed E-state index contributed by atoms with van der Waals surface area (Å²) in [5.74, 6) is -1.94. The molecule has 2 rings (SSSR count). The fourth-order valence-corrected chi connectivity index (χ4v) is 1.55. The van der Waals surface area contributed by atoms with Crippen molar-refractivity contribution in [1.29, 1.82) is 0 Å². The number of halogens is 3. The predicted octanol–water partition coefficient (Wildman–Crippen LogP) is 3.27. The predicted molar refractivity (Wildman–Crippen MR) is 63.6 cm³/mol. The van der Waals surface area contributed by atoms with Gasteiger partial charge in [-0.2, -0.15) is 0 Å². The van der Waals surface area contributed by atoms with E-state index in [-0.39, 0.29) is 16.3 Å². The summed E-state index contributed by atoms with van der Waals surface area (Å²) in [6.07, 6.45) is 2.23. The molecule has 0 unspecified atom stereocenters. The molecule has 0 radical (unpaired) electrons. The third-order valence-corrected chi connectivity index (χ3v) is 2.51. The Morgan fingerprint density at radius 1 is 1.28 bits per heavy atom. The van der Waals surface area contributed by atoms with Crippen LogP contribution in [0, 0.1) is 11.6 Å². The van der Waals surface area contributed by atoms with E-state index < -0.39 is 17.5 Å². The lowest BCUT2D eigenvalue weighted by atomic mass is 10.2. The molecule has 0 saturated carbocycles. The normalized spacial score (nSPS) is 10.2. The summed E-state index contributed by atoms with van der Waals surface area (Å²) in [7, 11) is 0. The quantitative estimate of drug-likeness (QED) is 0.908. The minimum atomic E-state index is -0.742. The van der Waals surface area contributed by atoms with E-state index in [9.17, 15) is 13.6 Å². The Morgan fingerprint density at radius 3 is 2.72 bits per heavy atom. The molecule has 1 N–H and O–H groups in total. The molecule has 2 aromatic rings. The Morgan fingerprint density at radius 2 is 2.06 bits per heavy atom. The van der Waals surface area contributed by atoms with Crippen molar-refractivity contribution in [2.24, 2.45) is 0 Å². The number of pyridine rings is 1. The molecule has 0 aliphatic rings. The maximum atomic E-state index is 13.3.